The van der Waals surface area contributed by atoms with Gasteiger partial charge in [0.2, 0.25) is 0 Å². The van der Waals surface area contributed by atoms with E-state index in [-0.39, 0.29) is 0 Å². The van der Waals surface area contributed by atoms with E-state index in [1.54, 1.807) is 11.8 Å². The highest BCUT2D eigenvalue weighted by molar-refractivity contribution is 7.98. The SMILES string of the molecule is CSCOCC#C[SiH3]. The van der Waals surface area contributed by atoms with Gasteiger partial charge >= 0.3 is 0 Å². The molecule has 0 aliphatic heterocycles. The van der Waals surface area contributed by atoms with Crippen molar-refractivity contribution in [3.05, 3.63) is 0 Å². The van der Waals surface area contributed by atoms with Gasteiger partial charge in [-0.05, 0) is 6.26 Å². The topological polar surface area (TPSA) is 9.23 Å². The lowest BCUT2D eigenvalue weighted by Gasteiger charge is -1.91. The summed E-state index contributed by atoms with van der Waals surface area (Å²) in [6, 6.07) is 0. The molecule has 0 aromatic rings. The molecule has 0 fully saturated rings. The second-order valence-corrected chi connectivity index (χ2v) is 2.49. The van der Waals surface area contributed by atoms with Crippen LogP contribution in [-0.4, -0.2) is 29.0 Å². The van der Waals surface area contributed by atoms with Crippen molar-refractivity contribution in [2.75, 3.05) is 18.8 Å². The third-order valence-corrected chi connectivity index (χ3v) is 1.31. The van der Waals surface area contributed by atoms with Crippen molar-refractivity contribution < 1.29 is 4.74 Å². The molecule has 0 heterocycles. The van der Waals surface area contributed by atoms with Gasteiger partial charge in [-0.3, -0.25) is 0 Å². The van der Waals surface area contributed by atoms with Crippen LogP contribution in [0.15, 0.2) is 0 Å². The van der Waals surface area contributed by atoms with Crippen LogP contribution in [0.2, 0.25) is 0 Å². The summed E-state index contributed by atoms with van der Waals surface area (Å²) in [5.74, 6) is 3.62. The highest BCUT2D eigenvalue weighted by atomic mass is 32.2. The van der Waals surface area contributed by atoms with E-state index in [1.165, 1.54) is 0 Å². The molecule has 46 valence electrons. The maximum absolute atomic E-state index is 5.03. The highest BCUT2D eigenvalue weighted by Gasteiger charge is 1.75. The Morgan fingerprint density at radius 2 is 2.50 bits per heavy atom. The van der Waals surface area contributed by atoms with Gasteiger partial charge in [0.25, 0.3) is 0 Å². The predicted octanol–water partition coefficient (Wildman–Crippen LogP) is -0.350. The maximum Gasteiger partial charge on any atom is 0.108 e. The van der Waals surface area contributed by atoms with Crippen LogP contribution < -0.4 is 0 Å². The molecular formula is C5H10OSSi. The van der Waals surface area contributed by atoms with E-state index in [0.717, 1.165) is 16.2 Å². The Labute approximate surface area is 57.6 Å². The number of hydrogen-bond donors (Lipinski definition) is 0. The highest BCUT2D eigenvalue weighted by Crippen LogP contribution is 1.89. The van der Waals surface area contributed by atoms with E-state index in [0.29, 0.717) is 6.61 Å². The average Bonchev–Trinajstić information content (AvgIpc) is 1.81. The Hall–Kier alpha value is 0.0869. The normalized spacial score (nSPS) is 8.12. The van der Waals surface area contributed by atoms with Crippen LogP contribution >= 0.6 is 11.8 Å². The van der Waals surface area contributed by atoms with Gasteiger partial charge in [-0.2, -0.15) is 0 Å². The van der Waals surface area contributed by atoms with Gasteiger partial charge in [-0.15, -0.1) is 17.3 Å². The van der Waals surface area contributed by atoms with Gasteiger partial charge < -0.3 is 4.74 Å². The summed E-state index contributed by atoms with van der Waals surface area (Å²) in [7, 11) is 0.959. The van der Waals surface area contributed by atoms with Crippen LogP contribution in [0.5, 0.6) is 0 Å². The third kappa shape index (κ3) is 6.09. The molecule has 0 saturated carbocycles. The molecule has 0 spiro atoms. The van der Waals surface area contributed by atoms with Crippen LogP contribution in [-0.2, 0) is 4.74 Å². The standard InChI is InChI=1S/C5H10OSSi/c1-7-5-6-3-2-4-8/h3,5H2,1,8H3. The summed E-state index contributed by atoms with van der Waals surface area (Å²) in [6.07, 6.45) is 2.01. The second kappa shape index (κ2) is 7.09. The minimum atomic E-state index is 0.602. The fraction of sp³-hybridized carbons (Fsp3) is 0.600. The first-order valence-electron chi connectivity index (χ1n) is 2.38. The van der Waals surface area contributed by atoms with E-state index in [4.69, 9.17) is 4.74 Å². The number of thioether (sulfide) groups is 1. The molecule has 0 aliphatic carbocycles. The molecule has 0 saturated heterocycles. The molecule has 8 heavy (non-hydrogen) atoms. The molecule has 0 atom stereocenters. The quantitative estimate of drug-likeness (QED) is 0.233. The van der Waals surface area contributed by atoms with E-state index in [9.17, 15) is 0 Å². The fourth-order valence-corrected chi connectivity index (χ4v) is 0.643. The lowest BCUT2D eigenvalue weighted by Crippen LogP contribution is -1.88. The van der Waals surface area contributed by atoms with Gasteiger partial charge in [0, 0.05) is 0 Å². The first-order chi connectivity index (χ1) is 3.91. The molecule has 0 aliphatic rings. The zero-order valence-electron chi connectivity index (χ0n) is 5.23. The Morgan fingerprint density at radius 1 is 1.75 bits per heavy atom. The predicted molar refractivity (Wildman–Crippen MR) is 42.0 cm³/mol. The lowest BCUT2D eigenvalue weighted by atomic mass is 10.8. The van der Waals surface area contributed by atoms with Gasteiger partial charge in [0.05, 0.1) is 16.2 Å². The summed E-state index contributed by atoms with van der Waals surface area (Å²) >= 11 is 1.67. The molecule has 0 rings (SSSR count). The average molecular weight is 146 g/mol. The largest absolute Gasteiger partial charge is 0.358 e. The second-order valence-electron chi connectivity index (χ2n) is 1.18. The molecule has 3 heteroatoms. The molecule has 0 aromatic heterocycles. The molecule has 0 bridgehead atoms. The number of rotatable bonds is 3. The van der Waals surface area contributed by atoms with Gasteiger partial charge in [-0.25, -0.2) is 0 Å². The fourth-order valence-electron chi connectivity index (χ4n) is 0.248. The van der Waals surface area contributed by atoms with Crippen LogP contribution in [0.25, 0.3) is 0 Å². The zero-order valence-corrected chi connectivity index (χ0v) is 8.05. The zero-order chi connectivity index (χ0) is 6.24. The smallest absolute Gasteiger partial charge is 0.108 e. The monoisotopic (exact) mass is 146 g/mol. The van der Waals surface area contributed by atoms with Crippen LogP contribution in [0.1, 0.15) is 0 Å². The molecule has 0 aromatic carbocycles. The summed E-state index contributed by atoms with van der Waals surface area (Å²) < 4.78 is 5.03. The van der Waals surface area contributed by atoms with Crippen LogP contribution in [0.3, 0.4) is 0 Å². The van der Waals surface area contributed by atoms with Crippen molar-refractivity contribution in [2.45, 2.75) is 0 Å². The van der Waals surface area contributed by atoms with E-state index < -0.39 is 0 Å². The van der Waals surface area contributed by atoms with Gasteiger partial charge in [-0.1, -0.05) is 5.92 Å². The third-order valence-electron chi connectivity index (χ3n) is 0.552. The summed E-state index contributed by atoms with van der Waals surface area (Å²) in [4.78, 5) is 0. The first-order valence-corrected chi connectivity index (χ1v) is 4.77. The molecule has 0 radical (unpaired) electrons. The molecule has 0 amide bonds. The molecule has 0 unspecified atom stereocenters. The minimum absolute atomic E-state index is 0.602. The first kappa shape index (κ1) is 8.09. The maximum atomic E-state index is 5.03. The van der Waals surface area contributed by atoms with Crippen molar-refractivity contribution in [2.24, 2.45) is 0 Å². The number of ether oxygens (including phenoxy) is 1. The van der Waals surface area contributed by atoms with Crippen molar-refractivity contribution in [3.8, 4) is 11.5 Å². The Bertz CT molecular complexity index is 94.3. The molecule has 0 N–H and O–H groups in total. The molecule has 1 nitrogen and oxygen atoms in total. The van der Waals surface area contributed by atoms with E-state index >= 15 is 0 Å². The Balaban J connectivity index is 2.79. The summed E-state index contributed by atoms with van der Waals surface area (Å²) in [5.41, 5.74) is 2.88. The van der Waals surface area contributed by atoms with Crippen LogP contribution in [0, 0.1) is 11.5 Å². The minimum Gasteiger partial charge on any atom is -0.358 e. The summed E-state index contributed by atoms with van der Waals surface area (Å²) in [5, 5.41) is 0. The molecular weight excluding hydrogens is 136 g/mol. The van der Waals surface area contributed by atoms with Gasteiger partial charge in [0.15, 0.2) is 0 Å². The van der Waals surface area contributed by atoms with Crippen molar-refractivity contribution in [3.63, 3.8) is 0 Å². The lowest BCUT2D eigenvalue weighted by molar-refractivity contribution is 0.222. The van der Waals surface area contributed by atoms with E-state index in [1.807, 2.05) is 6.26 Å². The van der Waals surface area contributed by atoms with E-state index in [2.05, 4.69) is 11.5 Å². The van der Waals surface area contributed by atoms with Crippen molar-refractivity contribution in [1.82, 2.24) is 0 Å². The van der Waals surface area contributed by atoms with Crippen LogP contribution in [0.4, 0.5) is 0 Å². The Kier molecular flexibility index (Phi) is 7.16. The summed E-state index contributed by atoms with van der Waals surface area (Å²) in [6.45, 7) is 0.602. The number of hydrogen-bond acceptors (Lipinski definition) is 2. The Morgan fingerprint density at radius 3 is 3.00 bits per heavy atom. The van der Waals surface area contributed by atoms with Crippen molar-refractivity contribution >= 4 is 22.0 Å². The van der Waals surface area contributed by atoms with Crippen molar-refractivity contribution in [1.29, 1.82) is 0 Å². The van der Waals surface area contributed by atoms with Gasteiger partial charge in [0.1, 0.15) is 6.61 Å².